The maximum atomic E-state index is 11.7. The van der Waals surface area contributed by atoms with Gasteiger partial charge in [0.15, 0.2) is 0 Å². The van der Waals surface area contributed by atoms with Crippen LogP contribution in [0.1, 0.15) is 58.3 Å². The Morgan fingerprint density at radius 1 is 1.42 bits per heavy atom. The first-order chi connectivity index (χ1) is 9.13. The van der Waals surface area contributed by atoms with E-state index in [4.69, 9.17) is 9.84 Å². The number of carboxylic acids is 1. The first-order valence-corrected chi connectivity index (χ1v) is 7.27. The normalized spacial score (nSPS) is 20.8. The van der Waals surface area contributed by atoms with Gasteiger partial charge in [-0.15, -0.1) is 0 Å². The van der Waals surface area contributed by atoms with Crippen molar-refractivity contribution in [3.05, 3.63) is 0 Å². The summed E-state index contributed by atoms with van der Waals surface area (Å²) in [6.45, 7) is 2.78. The maximum Gasteiger partial charge on any atom is 0.326 e. The van der Waals surface area contributed by atoms with Gasteiger partial charge < -0.3 is 15.2 Å². The number of amides is 1. The fourth-order valence-electron chi connectivity index (χ4n) is 2.26. The van der Waals surface area contributed by atoms with Crippen molar-refractivity contribution in [1.29, 1.82) is 0 Å². The third-order valence-electron chi connectivity index (χ3n) is 3.45. The van der Waals surface area contributed by atoms with Crippen molar-refractivity contribution in [2.45, 2.75) is 70.4 Å². The van der Waals surface area contributed by atoms with Gasteiger partial charge in [0.2, 0.25) is 5.91 Å². The third-order valence-corrected chi connectivity index (χ3v) is 3.45. The molecule has 1 heterocycles. The second-order valence-electron chi connectivity index (χ2n) is 5.13. The number of carboxylic acid groups (broad SMARTS) is 1. The van der Waals surface area contributed by atoms with E-state index in [1.165, 1.54) is 0 Å². The minimum atomic E-state index is -0.948. The average molecular weight is 271 g/mol. The summed E-state index contributed by atoms with van der Waals surface area (Å²) in [7, 11) is 0. The fraction of sp³-hybridized carbons (Fsp3) is 0.857. The molecule has 19 heavy (non-hydrogen) atoms. The molecule has 110 valence electrons. The topological polar surface area (TPSA) is 75.6 Å². The summed E-state index contributed by atoms with van der Waals surface area (Å²) in [5.74, 6) is -1.13. The molecule has 0 bridgehead atoms. The summed E-state index contributed by atoms with van der Waals surface area (Å²) in [6, 6.07) is -0.750. The quantitative estimate of drug-likeness (QED) is 0.709. The largest absolute Gasteiger partial charge is 0.480 e. The standard InChI is InChI=1S/C14H25NO4/c1-2-3-7-12(14(17)18)15-13(16)9-8-11-6-4-5-10-19-11/h11-12H,2-10H2,1H3,(H,15,16)(H,17,18)/t11?,12-/m0/s1. The predicted molar refractivity (Wildman–Crippen MR) is 71.9 cm³/mol. The van der Waals surface area contributed by atoms with E-state index in [9.17, 15) is 9.59 Å². The molecule has 1 aliphatic rings. The molecule has 1 rings (SSSR count). The third kappa shape index (κ3) is 6.57. The van der Waals surface area contributed by atoms with E-state index >= 15 is 0 Å². The Balaban J connectivity index is 2.25. The lowest BCUT2D eigenvalue weighted by atomic mass is 10.0. The van der Waals surface area contributed by atoms with Crippen LogP contribution in [0.2, 0.25) is 0 Å². The molecular formula is C14H25NO4. The van der Waals surface area contributed by atoms with Gasteiger partial charge in [-0.1, -0.05) is 19.8 Å². The molecule has 0 aliphatic carbocycles. The number of aliphatic carboxylic acids is 1. The number of carbonyl (C=O) groups excluding carboxylic acids is 1. The van der Waals surface area contributed by atoms with Crippen LogP contribution in [-0.2, 0) is 14.3 Å². The highest BCUT2D eigenvalue weighted by atomic mass is 16.5. The number of nitrogens with one attached hydrogen (secondary N) is 1. The molecule has 0 spiro atoms. The van der Waals surface area contributed by atoms with Gasteiger partial charge in [-0.3, -0.25) is 4.79 Å². The summed E-state index contributed by atoms with van der Waals surface area (Å²) in [5.41, 5.74) is 0. The number of carbonyl (C=O) groups is 2. The van der Waals surface area contributed by atoms with Gasteiger partial charge in [0.05, 0.1) is 6.10 Å². The number of unbranched alkanes of at least 4 members (excludes halogenated alkanes) is 1. The Kier molecular flexibility index (Phi) is 7.48. The zero-order valence-corrected chi connectivity index (χ0v) is 11.7. The maximum absolute atomic E-state index is 11.7. The number of hydrogen-bond acceptors (Lipinski definition) is 3. The molecule has 1 aliphatic heterocycles. The van der Waals surface area contributed by atoms with Crippen LogP contribution in [0.5, 0.6) is 0 Å². The lowest BCUT2D eigenvalue weighted by Gasteiger charge is -2.22. The Hall–Kier alpha value is -1.10. The molecule has 0 saturated carbocycles. The SMILES string of the molecule is CCCC[C@H](NC(=O)CCC1CCCCO1)C(=O)O. The van der Waals surface area contributed by atoms with Gasteiger partial charge in [0, 0.05) is 13.0 Å². The molecule has 2 atom stereocenters. The molecule has 5 nitrogen and oxygen atoms in total. The Labute approximate surface area is 114 Å². The zero-order chi connectivity index (χ0) is 14.1. The van der Waals surface area contributed by atoms with Crippen molar-refractivity contribution < 1.29 is 19.4 Å². The highest BCUT2D eigenvalue weighted by molar-refractivity contribution is 5.83. The number of ether oxygens (including phenoxy) is 1. The summed E-state index contributed by atoms with van der Waals surface area (Å²) < 4.78 is 5.55. The molecule has 0 radical (unpaired) electrons. The Bertz CT molecular complexity index is 287. The van der Waals surface area contributed by atoms with Crippen molar-refractivity contribution in [2.24, 2.45) is 0 Å². The molecule has 0 aromatic rings. The van der Waals surface area contributed by atoms with Crippen LogP contribution in [0, 0.1) is 0 Å². The van der Waals surface area contributed by atoms with Crippen LogP contribution >= 0.6 is 0 Å². The number of rotatable bonds is 8. The first-order valence-electron chi connectivity index (χ1n) is 7.27. The average Bonchev–Trinajstić information content (AvgIpc) is 2.42. The molecular weight excluding hydrogens is 246 g/mol. The van der Waals surface area contributed by atoms with Crippen molar-refractivity contribution in [2.75, 3.05) is 6.61 Å². The highest BCUT2D eigenvalue weighted by Gasteiger charge is 2.20. The van der Waals surface area contributed by atoms with Crippen LogP contribution in [0.4, 0.5) is 0 Å². The van der Waals surface area contributed by atoms with Gasteiger partial charge in [-0.05, 0) is 32.1 Å². The molecule has 0 aromatic heterocycles. The van der Waals surface area contributed by atoms with Gasteiger partial charge >= 0.3 is 5.97 Å². The van der Waals surface area contributed by atoms with Crippen LogP contribution < -0.4 is 5.32 Å². The first kappa shape index (κ1) is 16.0. The van der Waals surface area contributed by atoms with Crippen molar-refractivity contribution >= 4 is 11.9 Å². The summed E-state index contributed by atoms with van der Waals surface area (Å²) in [6.07, 6.45) is 6.69. The van der Waals surface area contributed by atoms with E-state index < -0.39 is 12.0 Å². The van der Waals surface area contributed by atoms with E-state index in [1.54, 1.807) is 0 Å². The van der Waals surface area contributed by atoms with Crippen LogP contribution in [0.3, 0.4) is 0 Å². The van der Waals surface area contributed by atoms with Crippen molar-refractivity contribution in [3.63, 3.8) is 0 Å². The molecule has 1 unspecified atom stereocenters. The fourth-order valence-corrected chi connectivity index (χ4v) is 2.26. The smallest absolute Gasteiger partial charge is 0.326 e. The molecule has 5 heteroatoms. The highest BCUT2D eigenvalue weighted by Crippen LogP contribution is 2.16. The Morgan fingerprint density at radius 3 is 2.79 bits per heavy atom. The Morgan fingerprint density at radius 2 is 2.21 bits per heavy atom. The predicted octanol–water partition coefficient (Wildman–Crippen LogP) is 2.10. The minimum absolute atomic E-state index is 0.165. The van der Waals surface area contributed by atoms with Gasteiger partial charge in [-0.25, -0.2) is 4.79 Å². The van der Waals surface area contributed by atoms with E-state index in [0.29, 0.717) is 19.3 Å². The van der Waals surface area contributed by atoms with Crippen LogP contribution in [0.25, 0.3) is 0 Å². The minimum Gasteiger partial charge on any atom is -0.480 e. The lowest BCUT2D eigenvalue weighted by molar-refractivity contribution is -0.142. The monoisotopic (exact) mass is 271 g/mol. The lowest BCUT2D eigenvalue weighted by Crippen LogP contribution is -2.41. The second-order valence-corrected chi connectivity index (χ2v) is 5.13. The molecule has 0 aromatic carbocycles. The van der Waals surface area contributed by atoms with Gasteiger partial charge in [-0.2, -0.15) is 0 Å². The second kappa shape index (κ2) is 8.91. The van der Waals surface area contributed by atoms with Crippen LogP contribution in [-0.4, -0.2) is 35.7 Å². The van der Waals surface area contributed by atoms with E-state index in [-0.39, 0.29) is 12.0 Å². The summed E-state index contributed by atoms with van der Waals surface area (Å²) in [5, 5.41) is 11.6. The van der Waals surface area contributed by atoms with Crippen LogP contribution in [0.15, 0.2) is 0 Å². The van der Waals surface area contributed by atoms with Crippen molar-refractivity contribution in [3.8, 4) is 0 Å². The molecule has 1 fully saturated rings. The number of hydrogen-bond donors (Lipinski definition) is 2. The van der Waals surface area contributed by atoms with Gasteiger partial charge in [0.25, 0.3) is 0 Å². The van der Waals surface area contributed by atoms with E-state index in [2.05, 4.69) is 5.32 Å². The van der Waals surface area contributed by atoms with Gasteiger partial charge in [0.1, 0.15) is 6.04 Å². The molecule has 1 saturated heterocycles. The zero-order valence-electron chi connectivity index (χ0n) is 11.7. The summed E-state index contributed by atoms with van der Waals surface area (Å²) >= 11 is 0. The molecule has 1 amide bonds. The summed E-state index contributed by atoms with van der Waals surface area (Å²) in [4.78, 5) is 22.7. The van der Waals surface area contributed by atoms with E-state index in [0.717, 1.165) is 38.7 Å². The van der Waals surface area contributed by atoms with E-state index in [1.807, 2.05) is 6.92 Å². The van der Waals surface area contributed by atoms with Crippen molar-refractivity contribution in [1.82, 2.24) is 5.32 Å². The molecule has 2 N–H and O–H groups in total.